The van der Waals surface area contributed by atoms with Crippen molar-refractivity contribution >= 4 is 21.6 Å². The highest BCUT2D eigenvalue weighted by molar-refractivity contribution is 7.89. The molecule has 0 saturated carbocycles. The van der Waals surface area contributed by atoms with Crippen LogP contribution in [0.1, 0.15) is 5.82 Å². The number of aromatic nitrogens is 2. The average Bonchev–Trinajstić information content (AvgIpc) is 3.23. The largest absolute Gasteiger partial charge is 0.497 e. The molecule has 30 heavy (non-hydrogen) atoms. The fourth-order valence-electron chi connectivity index (χ4n) is 3.28. The molecule has 0 amide bonds. The van der Waals surface area contributed by atoms with Gasteiger partial charge in [-0.3, -0.25) is 4.90 Å². The minimum absolute atomic E-state index is 0.265. The normalized spacial score (nSPS) is 15.9. The van der Waals surface area contributed by atoms with Crippen molar-refractivity contribution in [1.82, 2.24) is 19.3 Å². The molecule has 0 radical (unpaired) electrons. The van der Waals surface area contributed by atoms with E-state index in [0.717, 1.165) is 5.56 Å². The van der Waals surface area contributed by atoms with Gasteiger partial charge < -0.3 is 9.26 Å². The van der Waals surface area contributed by atoms with E-state index in [4.69, 9.17) is 20.9 Å². The molecule has 4 rings (SSSR count). The number of benzene rings is 2. The maximum absolute atomic E-state index is 12.9. The second kappa shape index (κ2) is 8.73. The second-order valence-corrected chi connectivity index (χ2v) is 9.26. The van der Waals surface area contributed by atoms with Gasteiger partial charge in [-0.15, -0.1) is 0 Å². The number of hydrogen-bond acceptors (Lipinski definition) is 7. The first-order valence-electron chi connectivity index (χ1n) is 9.41. The molecule has 1 saturated heterocycles. The maximum atomic E-state index is 12.9. The number of hydrogen-bond donors (Lipinski definition) is 0. The molecule has 0 spiro atoms. The first-order chi connectivity index (χ1) is 14.5. The van der Waals surface area contributed by atoms with Crippen LogP contribution in [-0.2, 0) is 16.6 Å². The van der Waals surface area contributed by atoms with Crippen LogP contribution in [0.3, 0.4) is 0 Å². The van der Waals surface area contributed by atoms with Crippen molar-refractivity contribution < 1.29 is 17.7 Å². The smallest absolute Gasteiger partial charge is 0.258 e. The van der Waals surface area contributed by atoms with Crippen LogP contribution in [0.5, 0.6) is 5.75 Å². The Bertz CT molecular complexity index is 1110. The number of rotatable bonds is 6. The summed E-state index contributed by atoms with van der Waals surface area (Å²) < 4.78 is 37.6. The van der Waals surface area contributed by atoms with Gasteiger partial charge in [-0.1, -0.05) is 22.8 Å². The highest BCUT2D eigenvalue weighted by Gasteiger charge is 2.29. The van der Waals surface area contributed by atoms with Gasteiger partial charge in [-0.25, -0.2) is 8.42 Å². The summed E-state index contributed by atoms with van der Waals surface area (Å²) in [5.41, 5.74) is 0.761. The first-order valence-corrected chi connectivity index (χ1v) is 11.2. The van der Waals surface area contributed by atoms with E-state index in [1.54, 1.807) is 43.5 Å². The van der Waals surface area contributed by atoms with E-state index in [1.165, 1.54) is 4.31 Å². The van der Waals surface area contributed by atoms with E-state index < -0.39 is 10.0 Å². The lowest BCUT2D eigenvalue weighted by Gasteiger charge is -2.33. The molecule has 2 aromatic carbocycles. The third-order valence-corrected chi connectivity index (χ3v) is 7.08. The number of methoxy groups -OCH3 is 1. The molecule has 10 heteroatoms. The van der Waals surface area contributed by atoms with Crippen molar-refractivity contribution in [1.29, 1.82) is 0 Å². The first kappa shape index (κ1) is 20.8. The second-order valence-electron chi connectivity index (χ2n) is 6.88. The number of piperazine rings is 1. The number of halogens is 1. The van der Waals surface area contributed by atoms with Crippen LogP contribution in [-0.4, -0.2) is 61.1 Å². The van der Waals surface area contributed by atoms with Gasteiger partial charge in [0.2, 0.25) is 10.0 Å². The molecular formula is C20H21ClN4O4S. The zero-order valence-electron chi connectivity index (χ0n) is 16.4. The van der Waals surface area contributed by atoms with Crippen molar-refractivity contribution in [2.45, 2.75) is 11.4 Å². The van der Waals surface area contributed by atoms with Crippen molar-refractivity contribution in [3.8, 4) is 17.2 Å². The fraction of sp³-hybridized carbons (Fsp3) is 0.300. The van der Waals surface area contributed by atoms with Gasteiger partial charge in [0, 0.05) is 36.8 Å². The molecule has 1 aromatic heterocycles. The summed E-state index contributed by atoms with van der Waals surface area (Å²) in [5, 5.41) is 4.63. The molecule has 3 aromatic rings. The summed E-state index contributed by atoms with van der Waals surface area (Å²) in [7, 11) is -1.98. The predicted octanol–water partition coefficient (Wildman–Crippen LogP) is 2.91. The Morgan fingerprint density at radius 2 is 1.83 bits per heavy atom. The highest BCUT2D eigenvalue weighted by atomic mass is 35.5. The molecule has 158 valence electrons. The summed E-state index contributed by atoms with van der Waals surface area (Å²) in [5.74, 6) is 1.58. The summed E-state index contributed by atoms with van der Waals surface area (Å²) in [6.07, 6.45) is 0. The molecule has 1 aliphatic rings. The van der Waals surface area contributed by atoms with E-state index in [0.29, 0.717) is 55.2 Å². The Morgan fingerprint density at radius 3 is 2.50 bits per heavy atom. The summed E-state index contributed by atoms with van der Waals surface area (Å²) in [6, 6.07) is 13.7. The van der Waals surface area contributed by atoms with Gasteiger partial charge in [0.1, 0.15) is 5.75 Å². The SMILES string of the molecule is COc1ccc(S(=O)(=O)N2CCN(Cc3noc(-c4cccc(Cl)c4)n3)CC2)cc1. The van der Waals surface area contributed by atoms with E-state index >= 15 is 0 Å². The zero-order chi connectivity index (χ0) is 21.1. The minimum Gasteiger partial charge on any atom is -0.497 e. The van der Waals surface area contributed by atoms with Crippen LogP contribution in [0.15, 0.2) is 57.9 Å². The molecule has 8 nitrogen and oxygen atoms in total. The number of sulfonamides is 1. The van der Waals surface area contributed by atoms with Gasteiger partial charge in [-0.2, -0.15) is 9.29 Å². The Labute approximate surface area is 180 Å². The molecule has 1 aliphatic heterocycles. The van der Waals surface area contributed by atoms with Gasteiger partial charge in [0.15, 0.2) is 5.82 Å². The lowest BCUT2D eigenvalue weighted by atomic mass is 10.2. The third kappa shape index (κ3) is 4.49. The Balaban J connectivity index is 1.37. The molecule has 1 fully saturated rings. The molecule has 0 aliphatic carbocycles. The van der Waals surface area contributed by atoms with E-state index in [9.17, 15) is 8.42 Å². The molecule has 0 bridgehead atoms. The molecule has 2 heterocycles. The summed E-state index contributed by atoms with van der Waals surface area (Å²) >= 11 is 6.01. The van der Waals surface area contributed by atoms with Crippen LogP contribution in [0.2, 0.25) is 5.02 Å². The monoisotopic (exact) mass is 448 g/mol. The molecule has 0 unspecified atom stereocenters. The predicted molar refractivity (Wildman–Crippen MR) is 112 cm³/mol. The van der Waals surface area contributed by atoms with Crippen molar-refractivity contribution in [2.75, 3.05) is 33.3 Å². The maximum Gasteiger partial charge on any atom is 0.258 e. The van der Waals surface area contributed by atoms with Gasteiger partial charge in [0.25, 0.3) is 5.89 Å². The Kier molecular flexibility index (Phi) is 6.05. The van der Waals surface area contributed by atoms with Crippen LogP contribution in [0.25, 0.3) is 11.5 Å². The van der Waals surface area contributed by atoms with E-state index in [2.05, 4.69) is 15.0 Å². The zero-order valence-corrected chi connectivity index (χ0v) is 17.9. The average molecular weight is 449 g/mol. The lowest BCUT2D eigenvalue weighted by molar-refractivity contribution is 0.176. The Morgan fingerprint density at radius 1 is 1.10 bits per heavy atom. The lowest BCUT2D eigenvalue weighted by Crippen LogP contribution is -2.48. The van der Waals surface area contributed by atoms with Crippen LogP contribution in [0.4, 0.5) is 0 Å². The molecule has 0 atom stereocenters. The topological polar surface area (TPSA) is 88.8 Å². The third-order valence-electron chi connectivity index (χ3n) is 4.93. The summed E-state index contributed by atoms with van der Waals surface area (Å²) in [4.78, 5) is 6.79. The van der Waals surface area contributed by atoms with E-state index in [1.807, 2.05) is 12.1 Å². The highest BCUT2D eigenvalue weighted by Crippen LogP contribution is 2.23. The van der Waals surface area contributed by atoms with Crippen LogP contribution in [0, 0.1) is 0 Å². The van der Waals surface area contributed by atoms with Crippen LogP contribution >= 0.6 is 11.6 Å². The Hall–Kier alpha value is -2.46. The van der Waals surface area contributed by atoms with Gasteiger partial charge >= 0.3 is 0 Å². The van der Waals surface area contributed by atoms with Gasteiger partial charge in [-0.05, 0) is 42.5 Å². The minimum atomic E-state index is -3.53. The van der Waals surface area contributed by atoms with Crippen molar-refractivity contribution in [3.05, 3.63) is 59.4 Å². The number of ether oxygens (including phenoxy) is 1. The molecule has 0 N–H and O–H groups in total. The quantitative estimate of drug-likeness (QED) is 0.572. The van der Waals surface area contributed by atoms with Crippen LogP contribution < -0.4 is 4.74 Å². The number of nitrogens with zero attached hydrogens (tertiary/aromatic N) is 4. The standard InChI is InChI=1S/C20H21ClN4O4S/c1-28-17-5-7-18(8-6-17)30(26,27)25-11-9-24(10-12-25)14-19-22-20(29-23-19)15-3-2-4-16(21)13-15/h2-8,13H,9-12,14H2,1H3. The fourth-order valence-corrected chi connectivity index (χ4v) is 4.89. The van der Waals surface area contributed by atoms with Gasteiger partial charge in [0.05, 0.1) is 18.6 Å². The summed E-state index contributed by atoms with van der Waals surface area (Å²) in [6.45, 7) is 2.44. The van der Waals surface area contributed by atoms with Crippen molar-refractivity contribution in [2.24, 2.45) is 0 Å². The van der Waals surface area contributed by atoms with E-state index in [-0.39, 0.29) is 4.90 Å². The molecular weight excluding hydrogens is 428 g/mol. The van der Waals surface area contributed by atoms with Crippen molar-refractivity contribution in [3.63, 3.8) is 0 Å².